The summed E-state index contributed by atoms with van der Waals surface area (Å²) in [5, 5.41) is 24.8. The molecule has 7 nitrogen and oxygen atoms in total. The highest BCUT2D eigenvalue weighted by Gasteiger charge is 2.52. The van der Waals surface area contributed by atoms with Crippen molar-refractivity contribution in [1.82, 2.24) is 4.98 Å². The van der Waals surface area contributed by atoms with E-state index in [0.29, 0.717) is 19.3 Å². The van der Waals surface area contributed by atoms with Crippen molar-refractivity contribution < 1.29 is 29.3 Å². The molecule has 0 spiro atoms. The van der Waals surface area contributed by atoms with Crippen molar-refractivity contribution in [3.8, 4) is 0 Å². The van der Waals surface area contributed by atoms with Crippen LogP contribution in [0.25, 0.3) is 6.08 Å². The van der Waals surface area contributed by atoms with Gasteiger partial charge in [0.1, 0.15) is 11.9 Å². The van der Waals surface area contributed by atoms with Crippen LogP contribution < -0.4 is 0 Å². The molecule has 1 saturated heterocycles. The number of Topliss-reactive ketones (excluding diaryl/α,β-unsaturated/α-hetero) is 1. The molecule has 1 aromatic rings. The third-order valence-electron chi connectivity index (χ3n) is 7.82. The van der Waals surface area contributed by atoms with Crippen molar-refractivity contribution in [2.24, 2.45) is 11.3 Å². The summed E-state index contributed by atoms with van der Waals surface area (Å²) in [5.74, 6) is -1.51. The number of aliphatic hydroxyl groups excluding tert-OH is 2. The Morgan fingerprint density at radius 3 is 2.56 bits per heavy atom. The quantitative estimate of drug-likeness (QED) is 0.336. The second-order valence-electron chi connectivity index (χ2n) is 11.1. The zero-order valence-corrected chi connectivity index (χ0v) is 23.4. The first-order valence-corrected chi connectivity index (χ1v) is 13.7. The fraction of sp³-hybridized carbons (Fsp3) is 0.679. The molecule has 0 saturated carbocycles. The summed E-state index contributed by atoms with van der Waals surface area (Å²) in [4.78, 5) is 30.9. The van der Waals surface area contributed by atoms with Crippen molar-refractivity contribution >= 4 is 29.2 Å². The number of ketones is 1. The van der Waals surface area contributed by atoms with Crippen LogP contribution in [0.1, 0.15) is 84.3 Å². The van der Waals surface area contributed by atoms with Gasteiger partial charge in [0.05, 0.1) is 46.5 Å². The maximum Gasteiger partial charge on any atom is 0.309 e. The number of rotatable bonds is 3. The Morgan fingerprint density at radius 2 is 1.94 bits per heavy atom. The van der Waals surface area contributed by atoms with E-state index >= 15 is 0 Å². The molecule has 0 unspecified atom stereocenters. The van der Waals surface area contributed by atoms with E-state index in [-0.39, 0.29) is 23.9 Å². The zero-order chi connectivity index (χ0) is 26.8. The largest absolute Gasteiger partial charge is 0.458 e. The van der Waals surface area contributed by atoms with Gasteiger partial charge in [0, 0.05) is 17.7 Å². The molecule has 2 aliphatic heterocycles. The Hall–Kier alpha value is -1.87. The number of aryl methyl sites for hydroxylation is 1. The van der Waals surface area contributed by atoms with Gasteiger partial charge in [-0.1, -0.05) is 26.8 Å². The van der Waals surface area contributed by atoms with Crippen LogP contribution in [-0.4, -0.2) is 57.0 Å². The Labute approximate surface area is 218 Å². The monoisotopic (exact) mass is 519 g/mol. The smallest absolute Gasteiger partial charge is 0.309 e. The minimum absolute atomic E-state index is 0.0753. The van der Waals surface area contributed by atoms with Crippen LogP contribution in [0, 0.1) is 18.3 Å². The summed E-state index contributed by atoms with van der Waals surface area (Å²) in [6.07, 6.45) is 3.16. The van der Waals surface area contributed by atoms with Crippen LogP contribution in [0.15, 0.2) is 22.6 Å². The van der Waals surface area contributed by atoms with Crippen molar-refractivity contribution in [3.05, 3.63) is 33.3 Å². The molecule has 3 heterocycles. The average molecular weight is 520 g/mol. The molecule has 2 N–H and O–H groups in total. The van der Waals surface area contributed by atoms with Gasteiger partial charge in [0.2, 0.25) is 0 Å². The number of carbonyl (C=O) groups is 2. The maximum absolute atomic E-state index is 13.4. The average Bonchev–Trinajstić information content (AvgIpc) is 3.24. The number of hydrogen-bond acceptors (Lipinski definition) is 8. The highest BCUT2D eigenvalue weighted by Crippen LogP contribution is 2.44. The van der Waals surface area contributed by atoms with E-state index < -0.39 is 35.6 Å². The number of cyclic esters (lactones) is 1. The molecule has 0 aliphatic carbocycles. The van der Waals surface area contributed by atoms with Gasteiger partial charge in [-0.25, -0.2) is 4.98 Å². The Kier molecular flexibility index (Phi) is 8.97. The highest BCUT2D eigenvalue weighted by atomic mass is 32.1. The fourth-order valence-electron chi connectivity index (χ4n) is 4.94. The fourth-order valence-corrected chi connectivity index (χ4v) is 5.51. The maximum atomic E-state index is 13.4. The van der Waals surface area contributed by atoms with E-state index in [1.807, 2.05) is 52.2 Å². The molecule has 200 valence electrons. The summed E-state index contributed by atoms with van der Waals surface area (Å²) >= 11 is 1.55. The molecular formula is C28H41NO6S. The van der Waals surface area contributed by atoms with E-state index in [2.05, 4.69) is 4.98 Å². The molecule has 3 rings (SSSR count). The van der Waals surface area contributed by atoms with E-state index in [9.17, 15) is 19.8 Å². The number of ether oxygens (including phenoxy) is 2. The summed E-state index contributed by atoms with van der Waals surface area (Å²) in [5.41, 5.74) is 0.830. The highest BCUT2D eigenvalue weighted by molar-refractivity contribution is 7.09. The van der Waals surface area contributed by atoms with Gasteiger partial charge >= 0.3 is 5.97 Å². The van der Waals surface area contributed by atoms with Gasteiger partial charge < -0.3 is 19.7 Å². The standard InChI is InChI=1S/C28H41NO6S/c1-8-20-25(32)16(2)10-9-11-28(7)23(35-28)13-21(17(3)12-19-15-36-18(4)29-19)34-24(31)14-22(30)27(5,6)26(20)33/h10,12,15,20-23,25,30,32H,8-9,11,13-14H2,1-7H3/b16-10+,17-12?/t20-,21+,22+,23+,25+,28-/m1/s1. The van der Waals surface area contributed by atoms with E-state index in [1.54, 1.807) is 25.2 Å². The number of nitrogens with zero attached hydrogens (tertiary/aromatic N) is 1. The van der Waals surface area contributed by atoms with Crippen LogP contribution >= 0.6 is 11.3 Å². The Balaban J connectivity index is 1.91. The first-order valence-electron chi connectivity index (χ1n) is 12.8. The molecule has 0 radical (unpaired) electrons. The number of carbonyl (C=O) groups excluding carboxylic acids is 2. The van der Waals surface area contributed by atoms with Crippen molar-refractivity contribution in [2.45, 2.75) is 111 Å². The summed E-state index contributed by atoms with van der Waals surface area (Å²) in [6.45, 7) is 12.8. The number of esters is 1. The number of epoxide rings is 1. The molecular weight excluding hydrogens is 478 g/mol. The molecule has 6 atom stereocenters. The van der Waals surface area contributed by atoms with Gasteiger partial charge in [-0.3, -0.25) is 9.59 Å². The molecule has 0 aromatic carbocycles. The predicted molar refractivity (Wildman–Crippen MR) is 140 cm³/mol. The molecule has 2 aliphatic rings. The lowest BCUT2D eigenvalue weighted by Crippen LogP contribution is -2.45. The topological polar surface area (TPSA) is 109 Å². The second kappa shape index (κ2) is 11.3. The summed E-state index contributed by atoms with van der Waals surface area (Å²) in [6, 6.07) is 0. The van der Waals surface area contributed by atoms with Gasteiger partial charge in [0.15, 0.2) is 0 Å². The molecule has 0 bridgehead atoms. The Morgan fingerprint density at radius 1 is 1.25 bits per heavy atom. The van der Waals surface area contributed by atoms with Gasteiger partial charge in [0.25, 0.3) is 0 Å². The first kappa shape index (κ1) is 28.7. The lowest BCUT2D eigenvalue weighted by molar-refractivity contribution is -0.154. The summed E-state index contributed by atoms with van der Waals surface area (Å²) < 4.78 is 11.9. The van der Waals surface area contributed by atoms with Crippen molar-refractivity contribution in [2.75, 3.05) is 0 Å². The molecule has 1 fully saturated rings. The van der Waals surface area contributed by atoms with E-state index in [1.165, 1.54) is 0 Å². The van der Waals surface area contributed by atoms with Crippen molar-refractivity contribution in [3.63, 3.8) is 0 Å². The second-order valence-corrected chi connectivity index (χ2v) is 12.1. The third-order valence-corrected chi connectivity index (χ3v) is 8.61. The zero-order valence-electron chi connectivity index (χ0n) is 22.5. The predicted octanol–water partition coefficient (Wildman–Crippen LogP) is 4.79. The number of allylic oxidation sites excluding steroid dienone is 1. The lowest BCUT2D eigenvalue weighted by Gasteiger charge is -2.34. The van der Waals surface area contributed by atoms with Gasteiger partial charge in [-0.15, -0.1) is 11.3 Å². The van der Waals surface area contributed by atoms with Crippen LogP contribution in [0.5, 0.6) is 0 Å². The van der Waals surface area contributed by atoms with Gasteiger partial charge in [-0.2, -0.15) is 0 Å². The minimum Gasteiger partial charge on any atom is -0.458 e. The third kappa shape index (κ3) is 6.52. The van der Waals surface area contributed by atoms with Crippen LogP contribution in [0.3, 0.4) is 0 Å². The number of aromatic nitrogens is 1. The first-order chi connectivity index (χ1) is 16.8. The van der Waals surface area contributed by atoms with Crippen LogP contribution in [0.2, 0.25) is 0 Å². The SMILES string of the molecule is CC[C@H]1C(=O)C(C)(C)[C@@H](O)CC(=O)O[C@H](C(C)=Cc2csc(C)n2)C[C@@H]2O[C@]2(C)CC/C=C(\C)[C@@H]1O. The lowest BCUT2D eigenvalue weighted by atomic mass is 9.72. The van der Waals surface area contributed by atoms with Gasteiger partial charge in [-0.05, 0) is 64.2 Å². The van der Waals surface area contributed by atoms with Crippen molar-refractivity contribution in [1.29, 1.82) is 0 Å². The molecule has 36 heavy (non-hydrogen) atoms. The normalized spacial score (nSPS) is 36.0. The van der Waals surface area contributed by atoms with E-state index in [4.69, 9.17) is 9.47 Å². The number of hydrogen-bond donors (Lipinski definition) is 2. The summed E-state index contributed by atoms with van der Waals surface area (Å²) in [7, 11) is 0. The molecule has 8 heteroatoms. The molecule has 1 aromatic heterocycles. The van der Waals surface area contributed by atoms with E-state index in [0.717, 1.165) is 28.3 Å². The molecule has 0 amide bonds. The Bertz CT molecular complexity index is 1030. The van der Waals surface area contributed by atoms with Crippen LogP contribution in [0.4, 0.5) is 0 Å². The van der Waals surface area contributed by atoms with Crippen LogP contribution in [-0.2, 0) is 19.1 Å². The number of thiazole rings is 1. The number of fused-ring (bicyclic) bond motifs is 1. The minimum atomic E-state index is -1.25. The number of aliphatic hydroxyl groups is 2.